The van der Waals surface area contributed by atoms with Crippen LogP contribution in [0, 0.1) is 0 Å². The van der Waals surface area contributed by atoms with Gasteiger partial charge in [-0.05, 0) is 17.7 Å². The van der Waals surface area contributed by atoms with Crippen LogP contribution in [0.15, 0.2) is 66.2 Å². The van der Waals surface area contributed by atoms with Crippen LogP contribution in [0.4, 0.5) is 15.6 Å². The van der Waals surface area contributed by atoms with Gasteiger partial charge in [-0.3, -0.25) is 10.1 Å². The van der Waals surface area contributed by atoms with E-state index in [1.54, 1.807) is 24.3 Å². The molecule has 3 aromatic rings. The van der Waals surface area contributed by atoms with Gasteiger partial charge in [-0.2, -0.15) is 0 Å². The summed E-state index contributed by atoms with van der Waals surface area (Å²) in [4.78, 5) is 24.9. The van der Waals surface area contributed by atoms with Crippen LogP contribution in [0.5, 0.6) is 0 Å². The third-order valence-electron chi connectivity index (χ3n) is 3.29. The Morgan fingerprint density at radius 2 is 1.60 bits per heavy atom. The van der Waals surface area contributed by atoms with E-state index in [1.807, 2.05) is 36.4 Å². The molecule has 25 heavy (non-hydrogen) atoms. The summed E-state index contributed by atoms with van der Waals surface area (Å²) in [7, 11) is 0. The summed E-state index contributed by atoms with van der Waals surface area (Å²) in [6, 6.07) is 16.7. The number of urea groups is 1. The van der Waals surface area contributed by atoms with E-state index < -0.39 is 12.1 Å². The van der Waals surface area contributed by atoms with E-state index in [1.165, 1.54) is 16.8 Å². The minimum atomic E-state index is -0.852. The Bertz CT molecular complexity index is 825. The number of aromatic nitrogens is 2. The molecule has 0 aliphatic carbocycles. The fourth-order valence-corrected chi connectivity index (χ4v) is 2.61. The van der Waals surface area contributed by atoms with Crippen molar-refractivity contribution in [1.82, 2.24) is 15.5 Å². The van der Waals surface area contributed by atoms with Gasteiger partial charge < -0.3 is 10.6 Å². The first-order valence-electron chi connectivity index (χ1n) is 7.47. The topological polar surface area (TPSA) is 96.0 Å². The Balaban J connectivity index is 1.75. The Labute approximate surface area is 148 Å². The molecule has 0 bridgehead atoms. The quantitative estimate of drug-likeness (QED) is 0.657. The minimum Gasteiger partial charge on any atom is -0.324 e. The van der Waals surface area contributed by atoms with Crippen LogP contribution >= 0.6 is 11.3 Å². The Kier molecular flexibility index (Phi) is 5.32. The van der Waals surface area contributed by atoms with Crippen molar-refractivity contribution < 1.29 is 9.59 Å². The summed E-state index contributed by atoms with van der Waals surface area (Å²) in [6.45, 7) is 0. The Hall–Kier alpha value is -3.26. The van der Waals surface area contributed by atoms with Crippen LogP contribution in [0.2, 0.25) is 0 Å². The molecule has 0 spiro atoms. The largest absolute Gasteiger partial charge is 0.324 e. The molecule has 1 unspecified atom stereocenters. The van der Waals surface area contributed by atoms with Gasteiger partial charge in [0.15, 0.2) is 0 Å². The first-order valence-corrected chi connectivity index (χ1v) is 8.35. The second-order valence-electron chi connectivity index (χ2n) is 5.04. The SMILES string of the molecule is O=C(Nc1nncs1)NC(C(=O)Nc1ccccc1)c1ccccc1. The van der Waals surface area contributed by atoms with Gasteiger partial charge in [0, 0.05) is 5.69 Å². The van der Waals surface area contributed by atoms with Crippen LogP contribution in [0.25, 0.3) is 0 Å². The van der Waals surface area contributed by atoms with Crippen molar-refractivity contribution in [3.8, 4) is 0 Å². The molecule has 0 fully saturated rings. The van der Waals surface area contributed by atoms with Crippen LogP contribution in [-0.2, 0) is 4.79 Å². The minimum absolute atomic E-state index is 0.343. The van der Waals surface area contributed by atoms with Gasteiger partial charge in [0.2, 0.25) is 5.13 Å². The summed E-state index contributed by atoms with van der Waals surface area (Å²) in [5.74, 6) is -0.343. The molecule has 0 aliphatic rings. The molecule has 0 saturated heterocycles. The van der Waals surface area contributed by atoms with Crippen molar-refractivity contribution in [1.29, 1.82) is 0 Å². The molecule has 1 atom stereocenters. The van der Waals surface area contributed by atoms with Crippen molar-refractivity contribution >= 4 is 34.1 Å². The van der Waals surface area contributed by atoms with Crippen LogP contribution in [0.1, 0.15) is 11.6 Å². The summed E-state index contributed by atoms with van der Waals surface area (Å²) in [5, 5.41) is 15.8. The van der Waals surface area contributed by atoms with Gasteiger partial charge in [0.1, 0.15) is 11.6 Å². The summed E-state index contributed by atoms with van der Waals surface area (Å²) < 4.78 is 0. The second kappa shape index (κ2) is 8.02. The van der Waals surface area contributed by atoms with Crippen molar-refractivity contribution in [2.45, 2.75) is 6.04 Å². The molecular weight excluding hydrogens is 338 g/mol. The van der Waals surface area contributed by atoms with E-state index in [9.17, 15) is 9.59 Å². The maximum absolute atomic E-state index is 12.7. The molecule has 2 aromatic carbocycles. The number of para-hydroxylation sites is 1. The molecule has 3 amide bonds. The number of nitrogens with zero attached hydrogens (tertiary/aromatic N) is 2. The van der Waals surface area contributed by atoms with E-state index >= 15 is 0 Å². The zero-order valence-electron chi connectivity index (χ0n) is 13.0. The van der Waals surface area contributed by atoms with Gasteiger partial charge in [-0.15, -0.1) is 10.2 Å². The first-order chi connectivity index (χ1) is 12.2. The number of carbonyl (C=O) groups excluding carboxylic acids is 2. The number of anilines is 2. The van der Waals surface area contributed by atoms with E-state index in [0.29, 0.717) is 16.4 Å². The van der Waals surface area contributed by atoms with Gasteiger partial charge >= 0.3 is 6.03 Å². The number of nitrogens with one attached hydrogen (secondary N) is 3. The average molecular weight is 353 g/mol. The fourth-order valence-electron chi connectivity index (χ4n) is 2.17. The van der Waals surface area contributed by atoms with E-state index in [-0.39, 0.29) is 5.91 Å². The Morgan fingerprint density at radius 3 is 2.24 bits per heavy atom. The smallest absolute Gasteiger partial charge is 0.322 e. The standard InChI is InChI=1S/C17H15N5O2S/c23-15(19-13-9-5-2-6-10-13)14(12-7-3-1-4-8-12)20-16(24)21-17-22-18-11-25-17/h1-11,14H,(H,19,23)(H2,20,21,22,24). The fraction of sp³-hybridized carbons (Fsp3) is 0.0588. The third kappa shape index (κ3) is 4.61. The van der Waals surface area contributed by atoms with Gasteiger partial charge in [-0.1, -0.05) is 59.9 Å². The maximum atomic E-state index is 12.7. The van der Waals surface area contributed by atoms with Crippen molar-refractivity contribution in [3.63, 3.8) is 0 Å². The molecule has 3 rings (SSSR count). The first kappa shape index (κ1) is 16.6. The highest BCUT2D eigenvalue weighted by molar-refractivity contribution is 7.13. The second-order valence-corrected chi connectivity index (χ2v) is 5.87. The zero-order chi connectivity index (χ0) is 17.5. The van der Waals surface area contributed by atoms with Crippen molar-refractivity contribution in [3.05, 3.63) is 71.7 Å². The zero-order valence-corrected chi connectivity index (χ0v) is 13.9. The van der Waals surface area contributed by atoms with Gasteiger partial charge in [0.25, 0.3) is 5.91 Å². The van der Waals surface area contributed by atoms with E-state index in [4.69, 9.17) is 0 Å². The molecule has 7 nitrogen and oxygen atoms in total. The summed E-state index contributed by atoms with van der Waals surface area (Å²) in [6.07, 6.45) is 0. The molecule has 3 N–H and O–H groups in total. The Morgan fingerprint density at radius 1 is 0.920 bits per heavy atom. The molecule has 0 radical (unpaired) electrons. The summed E-state index contributed by atoms with van der Waals surface area (Å²) in [5.41, 5.74) is 2.83. The number of hydrogen-bond acceptors (Lipinski definition) is 5. The number of carbonyl (C=O) groups is 2. The molecule has 126 valence electrons. The third-order valence-corrected chi connectivity index (χ3v) is 3.90. The molecular formula is C17H15N5O2S. The number of hydrogen-bond donors (Lipinski definition) is 3. The summed E-state index contributed by atoms with van der Waals surface area (Å²) >= 11 is 1.19. The van der Waals surface area contributed by atoms with Crippen molar-refractivity contribution in [2.24, 2.45) is 0 Å². The van der Waals surface area contributed by atoms with Crippen molar-refractivity contribution in [2.75, 3.05) is 10.6 Å². The van der Waals surface area contributed by atoms with Gasteiger partial charge in [0.05, 0.1) is 0 Å². The molecule has 8 heteroatoms. The predicted molar refractivity (Wildman–Crippen MR) is 96.3 cm³/mol. The predicted octanol–water partition coefficient (Wildman–Crippen LogP) is 3.04. The number of amides is 3. The highest BCUT2D eigenvalue weighted by atomic mass is 32.1. The maximum Gasteiger partial charge on any atom is 0.322 e. The molecule has 0 saturated carbocycles. The van der Waals surface area contributed by atoms with Crippen LogP contribution in [0.3, 0.4) is 0 Å². The molecule has 1 aromatic heterocycles. The lowest BCUT2D eigenvalue weighted by molar-refractivity contribution is -0.118. The molecule has 0 aliphatic heterocycles. The lowest BCUT2D eigenvalue weighted by atomic mass is 10.1. The normalized spacial score (nSPS) is 11.4. The lowest BCUT2D eigenvalue weighted by Crippen LogP contribution is -2.39. The van der Waals surface area contributed by atoms with E-state index in [0.717, 1.165) is 0 Å². The van der Waals surface area contributed by atoms with Crippen LogP contribution < -0.4 is 16.0 Å². The monoisotopic (exact) mass is 353 g/mol. The average Bonchev–Trinajstić information content (AvgIpc) is 3.14. The number of rotatable bonds is 5. The highest BCUT2D eigenvalue weighted by Gasteiger charge is 2.23. The highest BCUT2D eigenvalue weighted by Crippen LogP contribution is 2.17. The van der Waals surface area contributed by atoms with E-state index in [2.05, 4.69) is 26.1 Å². The lowest BCUT2D eigenvalue weighted by Gasteiger charge is -2.19. The van der Waals surface area contributed by atoms with Gasteiger partial charge in [-0.25, -0.2) is 4.79 Å². The molecule has 1 heterocycles. The number of benzene rings is 2. The van der Waals surface area contributed by atoms with Crippen LogP contribution in [-0.4, -0.2) is 22.1 Å².